The second-order valence-electron chi connectivity index (χ2n) is 8.58. The number of piperidine rings is 1. The molecule has 2 amide bonds. The lowest BCUT2D eigenvalue weighted by Crippen LogP contribution is -2.55. The smallest absolute Gasteiger partial charge is 0.270 e. The number of halogens is 1. The van der Waals surface area contributed by atoms with Gasteiger partial charge in [-0.15, -0.1) is 11.3 Å². The number of carbonyl (C=O) groups excluding carboxylic acids is 2. The molecule has 0 unspecified atom stereocenters. The first-order valence-corrected chi connectivity index (χ1v) is 11.7. The van der Waals surface area contributed by atoms with Gasteiger partial charge < -0.3 is 19.9 Å². The zero-order valence-corrected chi connectivity index (χ0v) is 18.8. The minimum absolute atomic E-state index is 0.0341. The highest BCUT2D eigenvalue weighted by Gasteiger charge is 2.47. The Labute approximate surface area is 189 Å². The predicted octanol–water partition coefficient (Wildman–Crippen LogP) is 4.71. The molecule has 162 valence electrons. The number of aromatic nitrogens is 1. The number of aromatic amines is 1. The monoisotopic (exact) mass is 457 g/mol. The van der Waals surface area contributed by atoms with Crippen molar-refractivity contribution in [1.82, 2.24) is 15.2 Å². The number of hydrogen-bond donors (Lipinski definition) is 2. The van der Waals surface area contributed by atoms with E-state index in [-0.39, 0.29) is 23.3 Å². The Kier molecular flexibility index (Phi) is 5.18. The number of fused-ring (bicyclic) bond motifs is 1. The number of rotatable bonds is 4. The Hall–Kier alpha value is -2.51. The van der Waals surface area contributed by atoms with Gasteiger partial charge in [0.15, 0.2) is 0 Å². The highest BCUT2D eigenvalue weighted by molar-refractivity contribution is 7.18. The van der Waals surface area contributed by atoms with E-state index in [9.17, 15) is 9.59 Å². The largest absolute Gasteiger partial charge is 0.496 e. The normalized spacial score (nSPS) is 18.2. The second kappa shape index (κ2) is 7.88. The van der Waals surface area contributed by atoms with Crippen molar-refractivity contribution in [2.75, 3.05) is 20.2 Å². The third kappa shape index (κ3) is 3.81. The van der Waals surface area contributed by atoms with E-state index >= 15 is 0 Å². The van der Waals surface area contributed by atoms with E-state index in [0.717, 1.165) is 55.4 Å². The molecule has 1 saturated carbocycles. The topological polar surface area (TPSA) is 74.4 Å². The predicted molar refractivity (Wildman–Crippen MR) is 122 cm³/mol. The summed E-state index contributed by atoms with van der Waals surface area (Å²) in [4.78, 5) is 31.2. The maximum absolute atomic E-state index is 13.0. The molecule has 3 aromatic rings. The van der Waals surface area contributed by atoms with Crippen molar-refractivity contribution < 1.29 is 14.3 Å². The van der Waals surface area contributed by atoms with Gasteiger partial charge >= 0.3 is 0 Å². The highest BCUT2D eigenvalue weighted by atomic mass is 35.5. The summed E-state index contributed by atoms with van der Waals surface area (Å²) < 4.78 is 6.03. The minimum atomic E-state index is -0.0430. The number of hydrogen-bond acceptors (Lipinski definition) is 4. The number of benzene rings is 1. The van der Waals surface area contributed by atoms with Crippen LogP contribution in [0.15, 0.2) is 36.4 Å². The number of amides is 2. The molecule has 2 N–H and O–H groups in total. The number of methoxy groups -OCH3 is 1. The fourth-order valence-electron chi connectivity index (χ4n) is 4.96. The molecule has 8 heteroatoms. The van der Waals surface area contributed by atoms with Crippen LogP contribution >= 0.6 is 22.9 Å². The van der Waals surface area contributed by atoms with Crippen molar-refractivity contribution in [3.8, 4) is 5.75 Å². The molecule has 1 aromatic carbocycles. The summed E-state index contributed by atoms with van der Waals surface area (Å²) in [6.45, 7) is 1.49. The number of carbonyl (C=O) groups is 2. The Bertz CT molecular complexity index is 1140. The summed E-state index contributed by atoms with van der Waals surface area (Å²) in [6, 6.07) is 11.4. The molecule has 1 aliphatic heterocycles. The van der Waals surface area contributed by atoms with E-state index in [1.807, 2.05) is 29.2 Å². The zero-order chi connectivity index (χ0) is 21.6. The molecule has 1 spiro atoms. The van der Waals surface area contributed by atoms with Crippen LogP contribution in [0.5, 0.6) is 5.75 Å². The molecule has 0 atom stereocenters. The summed E-state index contributed by atoms with van der Waals surface area (Å²) in [6.07, 6.45) is 3.89. The molecule has 1 saturated heterocycles. The van der Waals surface area contributed by atoms with Gasteiger partial charge in [0.25, 0.3) is 11.8 Å². The molecular weight excluding hydrogens is 434 g/mol. The highest BCUT2D eigenvalue weighted by Crippen LogP contribution is 2.49. The van der Waals surface area contributed by atoms with Crippen LogP contribution in [0.25, 0.3) is 10.9 Å². The van der Waals surface area contributed by atoms with Gasteiger partial charge in [-0.05, 0) is 61.4 Å². The maximum Gasteiger partial charge on any atom is 0.270 e. The van der Waals surface area contributed by atoms with Crippen molar-refractivity contribution in [3.05, 3.63) is 51.3 Å². The van der Waals surface area contributed by atoms with Crippen LogP contribution in [0.4, 0.5) is 0 Å². The zero-order valence-electron chi connectivity index (χ0n) is 17.2. The quantitative estimate of drug-likeness (QED) is 0.596. The van der Waals surface area contributed by atoms with Gasteiger partial charge in [-0.3, -0.25) is 9.59 Å². The van der Waals surface area contributed by atoms with E-state index in [1.165, 1.54) is 11.3 Å². The molecule has 0 bridgehead atoms. The first kappa shape index (κ1) is 20.4. The second-order valence-corrected chi connectivity index (χ2v) is 10.3. The first-order valence-electron chi connectivity index (χ1n) is 10.5. The van der Waals surface area contributed by atoms with Crippen molar-refractivity contribution in [1.29, 1.82) is 0 Å². The third-order valence-corrected chi connectivity index (χ3v) is 7.91. The summed E-state index contributed by atoms with van der Waals surface area (Å²) in [5.41, 5.74) is 1.75. The van der Waals surface area contributed by atoms with E-state index in [4.69, 9.17) is 16.3 Å². The molecule has 1 aliphatic carbocycles. The maximum atomic E-state index is 13.0. The number of likely N-dealkylation sites (tertiary alicyclic amines) is 1. The summed E-state index contributed by atoms with van der Waals surface area (Å²) in [5, 5.41) is 4.04. The van der Waals surface area contributed by atoms with Gasteiger partial charge in [0.1, 0.15) is 11.4 Å². The number of ether oxygens (including phenoxy) is 1. The molecule has 2 aliphatic rings. The molecule has 5 rings (SSSR count). The lowest BCUT2D eigenvalue weighted by molar-refractivity contribution is 0.00851. The Balaban J connectivity index is 1.17. The number of nitrogens with zero attached hydrogens (tertiary/aromatic N) is 1. The van der Waals surface area contributed by atoms with Crippen molar-refractivity contribution in [2.24, 2.45) is 5.41 Å². The van der Waals surface area contributed by atoms with Crippen LogP contribution in [0, 0.1) is 5.41 Å². The average Bonchev–Trinajstić information content (AvgIpc) is 3.38. The average molecular weight is 458 g/mol. The summed E-state index contributed by atoms with van der Waals surface area (Å²) in [7, 11) is 1.64. The molecule has 31 heavy (non-hydrogen) atoms. The van der Waals surface area contributed by atoms with Crippen molar-refractivity contribution >= 4 is 45.7 Å². The molecular formula is C23H24ClN3O3S. The van der Waals surface area contributed by atoms with Crippen LogP contribution in [0.1, 0.15) is 45.8 Å². The SMILES string of the molecule is COc1cccc2[nH]c(C(=O)N3CCC4(CC3)CC(NC(=O)c3ccc(Cl)s3)C4)cc12. The molecule has 3 heterocycles. The molecule has 6 nitrogen and oxygen atoms in total. The van der Waals surface area contributed by atoms with E-state index < -0.39 is 0 Å². The fraction of sp³-hybridized carbons (Fsp3) is 0.391. The van der Waals surface area contributed by atoms with Crippen LogP contribution < -0.4 is 10.1 Å². The van der Waals surface area contributed by atoms with Crippen LogP contribution in [-0.4, -0.2) is 47.9 Å². The number of H-pyrrole nitrogens is 1. The summed E-state index contributed by atoms with van der Waals surface area (Å²) >= 11 is 7.23. The number of nitrogens with one attached hydrogen (secondary N) is 2. The van der Waals surface area contributed by atoms with Crippen molar-refractivity contribution in [2.45, 2.75) is 31.7 Å². The Morgan fingerprint density at radius 2 is 2.00 bits per heavy atom. The Morgan fingerprint density at radius 1 is 1.23 bits per heavy atom. The van der Waals surface area contributed by atoms with Crippen LogP contribution in [0.3, 0.4) is 0 Å². The molecule has 0 radical (unpaired) electrons. The van der Waals surface area contributed by atoms with Crippen LogP contribution in [-0.2, 0) is 0 Å². The number of thiophene rings is 1. The lowest BCUT2D eigenvalue weighted by atomic mass is 9.60. The fourth-order valence-corrected chi connectivity index (χ4v) is 5.91. The van der Waals surface area contributed by atoms with E-state index in [0.29, 0.717) is 14.9 Å². The van der Waals surface area contributed by atoms with Gasteiger partial charge in [-0.2, -0.15) is 0 Å². The van der Waals surface area contributed by atoms with Gasteiger partial charge in [0.2, 0.25) is 0 Å². The van der Waals surface area contributed by atoms with Crippen LogP contribution in [0.2, 0.25) is 4.34 Å². The minimum Gasteiger partial charge on any atom is -0.496 e. The van der Waals surface area contributed by atoms with Gasteiger partial charge in [0.05, 0.1) is 16.3 Å². The van der Waals surface area contributed by atoms with E-state index in [2.05, 4.69) is 10.3 Å². The van der Waals surface area contributed by atoms with Gasteiger partial charge in [-0.25, -0.2) is 0 Å². The first-order chi connectivity index (χ1) is 15.0. The standard InChI is InChI=1S/C23H24ClN3O3S/c1-30-18-4-2-3-16-15(18)11-17(26-16)22(29)27-9-7-23(8-10-27)12-14(13-23)25-21(28)19-5-6-20(24)31-19/h2-6,11,14,26H,7-10,12-13H2,1H3,(H,25,28). The summed E-state index contributed by atoms with van der Waals surface area (Å²) in [5.74, 6) is 0.753. The molecule has 2 fully saturated rings. The molecule has 2 aromatic heterocycles. The van der Waals surface area contributed by atoms with Gasteiger partial charge in [0, 0.05) is 30.0 Å². The van der Waals surface area contributed by atoms with E-state index in [1.54, 1.807) is 19.2 Å². The third-order valence-electron chi connectivity index (χ3n) is 6.68. The van der Waals surface area contributed by atoms with Crippen molar-refractivity contribution in [3.63, 3.8) is 0 Å². The Morgan fingerprint density at radius 3 is 2.68 bits per heavy atom. The van der Waals surface area contributed by atoms with Gasteiger partial charge in [-0.1, -0.05) is 17.7 Å². The lowest BCUT2D eigenvalue weighted by Gasteiger charge is -2.52.